The molecule has 1 aromatic carbocycles. The van der Waals surface area contributed by atoms with E-state index in [-0.39, 0.29) is 0 Å². The smallest absolute Gasteiger partial charge is 0.152 e. The fourth-order valence-electron chi connectivity index (χ4n) is 3.28. The molecule has 0 aliphatic heterocycles. The van der Waals surface area contributed by atoms with E-state index in [2.05, 4.69) is 75.8 Å². The van der Waals surface area contributed by atoms with Crippen LogP contribution in [-0.2, 0) is 0 Å². The highest BCUT2D eigenvalue weighted by Gasteiger charge is 2.28. The van der Waals surface area contributed by atoms with Gasteiger partial charge in [0.25, 0.3) is 0 Å². The van der Waals surface area contributed by atoms with E-state index in [4.69, 9.17) is 0 Å². The highest BCUT2D eigenvalue weighted by molar-refractivity contribution is 6.83. The Hall–Kier alpha value is -0.746. The van der Waals surface area contributed by atoms with Crippen LogP contribution >= 0.6 is 0 Å². The van der Waals surface area contributed by atoms with E-state index in [1.165, 1.54) is 47.6 Å². The highest BCUT2D eigenvalue weighted by Crippen LogP contribution is 2.26. The molecule has 126 valence electrons. The molecule has 22 heavy (non-hydrogen) atoms. The third-order valence-corrected chi connectivity index (χ3v) is 15.5. The van der Waals surface area contributed by atoms with Crippen LogP contribution in [0, 0.1) is 0 Å². The van der Waals surface area contributed by atoms with Crippen molar-refractivity contribution in [2.45, 2.75) is 77.8 Å². The van der Waals surface area contributed by atoms with Crippen LogP contribution in [0.15, 0.2) is 24.3 Å². The van der Waals surface area contributed by atoms with Crippen LogP contribution in [0.1, 0.15) is 41.5 Å². The zero-order chi connectivity index (χ0) is 16.6. The Morgan fingerprint density at radius 3 is 0.955 bits per heavy atom. The lowest BCUT2D eigenvalue weighted by molar-refractivity contribution is 1.16. The highest BCUT2D eigenvalue weighted by atomic mass is 28.3. The number of anilines is 2. The van der Waals surface area contributed by atoms with E-state index in [0.29, 0.717) is 0 Å². The predicted octanol–water partition coefficient (Wildman–Crippen LogP) is 6.52. The summed E-state index contributed by atoms with van der Waals surface area (Å²) in [7, 11) is -2.61. The Balaban J connectivity index is 2.82. The zero-order valence-electron chi connectivity index (χ0n) is 15.6. The molecule has 0 radical (unpaired) electrons. The van der Waals surface area contributed by atoms with Gasteiger partial charge in [0, 0.05) is 11.4 Å². The van der Waals surface area contributed by atoms with Gasteiger partial charge in [-0.2, -0.15) is 0 Å². The van der Waals surface area contributed by atoms with Crippen molar-refractivity contribution in [2.24, 2.45) is 0 Å². The topological polar surface area (TPSA) is 24.1 Å². The van der Waals surface area contributed by atoms with E-state index >= 15 is 0 Å². The molecule has 0 spiro atoms. The van der Waals surface area contributed by atoms with E-state index in [9.17, 15) is 0 Å². The number of hydrogen-bond donors (Lipinski definition) is 2. The molecule has 0 saturated carbocycles. The molecule has 0 heterocycles. The molecule has 0 atom stereocenters. The number of benzene rings is 1. The maximum absolute atomic E-state index is 3.90. The SMILES string of the molecule is CC[Si](CC)(CC)Nc1ccc(N[Si](CC)(CC)CC)cc1. The summed E-state index contributed by atoms with van der Waals surface area (Å²) < 4.78 is 0. The Labute approximate surface area is 140 Å². The van der Waals surface area contributed by atoms with Crippen molar-refractivity contribution in [1.29, 1.82) is 0 Å². The molecule has 1 rings (SSSR count). The van der Waals surface area contributed by atoms with Crippen molar-refractivity contribution >= 4 is 27.8 Å². The number of hydrogen-bond acceptors (Lipinski definition) is 2. The standard InChI is InChI=1S/C18H36N2Si2/c1-7-21(8-2,9-3)19-17-13-15-18(16-14-17)20-22(10-4,11-5)12-6/h13-16,19-20H,7-12H2,1-6H3. The van der Waals surface area contributed by atoms with Crippen LogP contribution in [0.2, 0.25) is 36.3 Å². The van der Waals surface area contributed by atoms with E-state index in [0.717, 1.165) is 0 Å². The summed E-state index contributed by atoms with van der Waals surface area (Å²) in [6, 6.07) is 16.9. The van der Waals surface area contributed by atoms with Crippen LogP contribution in [0.25, 0.3) is 0 Å². The lowest BCUT2D eigenvalue weighted by Gasteiger charge is -2.31. The lowest BCUT2D eigenvalue weighted by atomic mass is 10.3. The molecule has 0 aliphatic rings. The molecule has 0 aliphatic carbocycles. The van der Waals surface area contributed by atoms with Crippen molar-refractivity contribution in [3.63, 3.8) is 0 Å². The van der Waals surface area contributed by atoms with Crippen molar-refractivity contribution in [1.82, 2.24) is 0 Å². The Kier molecular flexibility index (Phi) is 7.70. The first-order chi connectivity index (χ1) is 10.5. The van der Waals surface area contributed by atoms with Crippen LogP contribution in [0.3, 0.4) is 0 Å². The van der Waals surface area contributed by atoms with Crippen molar-refractivity contribution < 1.29 is 0 Å². The minimum Gasteiger partial charge on any atom is -0.410 e. The van der Waals surface area contributed by atoms with Crippen LogP contribution < -0.4 is 9.96 Å². The second-order valence-electron chi connectivity index (χ2n) is 6.51. The number of rotatable bonds is 10. The molecule has 0 fully saturated rings. The Bertz CT molecular complexity index is 366. The molecule has 0 saturated heterocycles. The van der Waals surface area contributed by atoms with Crippen molar-refractivity contribution in [2.75, 3.05) is 9.96 Å². The van der Waals surface area contributed by atoms with Crippen LogP contribution in [0.5, 0.6) is 0 Å². The second kappa shape index (κ2) is 8.77. The van der Waals surface area contributed by atoms with Crippen LogP contribution in [-0.4, -0.2) is 16.5 Å². The Morgan fingerprint density at radius 2 is 0.773 bits per heavy atom. The summed E-state index contributed by atoms with van der Waals surface area (Å²) in [4.78, 5) is 7.79. The van der Waals surface area contributed by atoms with Crippen molar-refractivity contribution in [3.05, 3.63) is 24.3 Å². The second-order valence-corrected chi connectivity index (χ2v) is 16.4. The lowest BCUT2D eigenvalue weighted by Crippen LogP contribution is -2.42. The maximum atomic E-state index is 3.90. The molecule has 1 aromatic rings. The molecular formula is C18H36N2Si2. The van der Waals surface area contributed by atoms with Gasteiger partial charge >= 0.3 is 0 Å². The fourth-order valence-corrected chi connectivity index (χ4v) is 8.90. The molecular weight excluding hydrogens is 300 g/mol. The normalized spacial score (nSPS) is 12.3. The molecule has 0 amide bonds. The summed E-state index contributed by atoms with van der Waals surface area (Å²) >= 11 is 0. The van der Waals surface area contributed by atoms with Gasteiger partial charge in [-0.3, -0.25) is 0 Å². The summed E-state index contributed by atoms with van der Waals surface area (Å²) in [5, 5.41) is 0. The largest absolute Gasteiger partial charge is 0.410 e. The third-order valence-electron chi connectivity index (χ3n) is 5.76. The monoisotopic (exact) mass is 336 g/mol. The minimum absolute atomic E-state index is 1.30. The number of nitrogens with one attached hydrogen (secondary N) is 2. The Morgan fingerprint density at radius 1 is 0.545 bits per heavy atom. The fraction of sp³-hybridized carbons (Fsp3) is 0.667. The molecule has 0 unspecified atom stereocenters. The van der Waals surface area contributed by atoms with E-state index in [1.807, 2.05) is 0 Å². The molecule has 0 aromatic heterocycles. The summed E-state index contributed by atoms with van der Waals surface area (Å²) in [5.74, 6) is 0. The third kappa shape index (κ3) is 4.62. The van der Waals surface area contributed by atoms with Crippen LogP contribution in [0.4, 0.5) is 11.4 Å². The first-order valence-corrected chi connectivity index (χ1v) is 14.4. The van der Waals surface area contributed by atoms with Gasteiger partial charge in [-0.25, -0.2) is 0 Å². The van der Waals surface area contributed by atoms with E-state index in [1.54, 1.807) is 0 Å². The quantitative estimate of drug-likeness (QED) is 0.475. The predicted molar refractivity (Wildman–Crippen MR) is 108 cm³/mol. The first kappa shape index (κ1) is 19.3. The van der Waals surface area contributed by atoms with Gasteiger partial charge in [0.2, 0.25) is 0 Å². The van der Waals surface area contributed by atoms with Gasteiger partial charge in [0.15, 0.2) is 16.5 Å². The average molecular weight is 337 g/mol. The van der Waals surface area contributed by atoms with E-state index < -0.39 is 16.5 Å². The van der Waals surface area contributed by atoms with Gasteiger partial charge in [0.05, 0.1) is 0 Å². The summed E-state index contributed by atoms with van der Waals surface area (Å²) in [6.07, 6.45) is 0. The van der Waals surface area contributed by atoms with Gasteiger partial charge in [-0.1, -0.05) is 41.5 Å². The molecule has 2 nitrogen and oxygen atoms in total. The molecule has 0 bridgehead atoms. The van der Waals surface area contributed by atoms with Gasteiger partial charge in [-0.15, -0.1) is 0 Å². The summed E-state index contributed by atoms with van der Waals surface area (Å²) in [6.45, 7) is 14.0. The van der Waals surface area contributed by atoms with Gasteiger partial charge < -0.3 is 9.96 Å². The van der Waals surface area contributed by atoms with Gasteiger partial charge in [-0.05, 0) is 60.5 Å². The molecule has 4 heteroatoms. The average Bonchev–Trinajstić information content (AvgIpc) is 2.59. The first-order valence-electron chi connectivity index (χ1n) is 9.19. The maximum Gasteiger partial charge on any atom is 0.152 e. The van der Waals surface area contributed by atoms with Crippen molar-refractivity contribution in [3.8, 4) is 0 Å². The summed E-state index contributed by atoms with van der Waals surface area (Å²) in [5.41, 5.74) is 2.61. The molecule has 2 N–H and O–H groups in total. The van der Waals surface area contributed by atoms with Gasteiger partial charge in [0.1, 0.15) is 0 Å². The minimum atomic E-state index is -1.30. The zero-order valence-corrected chi connectivity index (χ0v) is 17.6.